The van der Waals surface area contributed by atoms with E-state index in [1.165, 1.54) is 0 Å². The molecule has 1 aliphatic rings. The molecule has 0 aliphatic carbocycles. The number of aryl methyl sites for hydroxylation is 1. The number of benzene rings is 1. The molecular formula is C16H26FN3. The Morgan fingerprint density at radius 1 is 1.10 bits per heavy atom. The first kappa shape index (κ1) is 15.3. The number of rotatable bonds is 3. The Kier molecular flexibility index (Phi) is 4.66. The maximum absolute atomic E-state index is 13.8. The summed E-state index contributed by atoms with van der Waals surface area (Å²) in [4.78, 5) is 4.81. The summed E-state index contributed by atoms with van der Waals surface area (Å²) in [5.74, 6) is -0.165. The fraction of sp³-hybridized carbons (Fsp3) is 0.625. The lowest BCUT2D eigenvalue weighted by Gasteiger charge is -2.39. The van der Waals surface area contributed by atoms with Crippen molar-refractivity contribution in [1.82, 2.24) is 4.90 Å². The predicted molar refractivity (Wildman–Crippen MR) is 82.7 cm³/mol. The lowest BCUT2D eigenvalue weighted by molar-refractivity contribution is 0.209. The van der Waals surface area contributed by atoms with Gasteiger partial charge in [0.15, 0.2) is 0 Å². The molecular weight excluding hydrogens is 253 g/mol. The molecule has 1 atom stereocenters. The molecule has 1 saturated heterocycles. The van der Waals surface area contributed by atoms with Crippen LogP contribution in [0, 0.1) is 12.7 Å². The molecule has 0 unspecified atom stereocenters. The average Bonchev–Trinajstić information content (AvgIpc) is 2.41. The van der Waals surface area contributed by atoms with Crippen LogP contribution in [0.15, 0.2) is 12.1 Å². The first-order valence-corrected chi connectivity index (χ1v) is 7.44. The fourth-order valence-corrected chi connectivity index (χ4v) is 2.80. The van der Waals surface area contributed by atoms with E-state index in [2.05, 4.69) is 23.6 Å². The predicted octanol–water partition coefficient (Wildman–Crippen LogP) is 2.68. The van der Waals surface area contributed by atoms with Crippen molar-refractivity contribution >= 4 is 5.69 Å². The Labute approximate surface area is 121 Å². The standard InChI is InChI=1S/C16H26FN3/c1-11(2)19-5-7-20(8-6-19)16-9-12(3)15(17)10-14(16)13(4)18/h9-11,13H,5-8,18H2,1-4H3/t13-/m1/s1. The molecule has 0 radical (unpaired) electrons. The van der Waals surface area contributed by atoms with Gasteiger partial charge in [-0.2, -0.15) is 0 Å². The third kappa shape index (κ3) is 3.13. The second-order valence-corrected chi connectivity index (χ2v) is 6.07. The van der Waals surface area contributed by atoms with Crippen molar-refractivity contribution in [3.63, 3.8) is 0 Å². The van der Waals surface area contributed by atoms with Gasteiger partial charge in [-0.3, -0.25) is 4.90 Å². The van der Waals surface area contributed by atoms with E-state index in [1.807, 2.05) is 19.9 Å². The zero-order valence-corrected chi connectivity index (χ0v) is 13.0. The molecule has 1 aromatic carbocycles. The Bertz CT molecular complexity index is 463. The summed E-state index contributed by atoms with van der Waals surface area (Å²) in [6.07, 6.45) is 0. The van der Waals surface area contributed by atoms with Gasteiger partial charge in [-0.25, -0.2) is 4.39 Å². The normalized spacial score (nSPS) is 18.6. The van der Waals surface area contributed by atoms with Crippen molar-refractivity contribution in [3.8, 4) is 0 Å². The highest BCUT2D eigenvalue weighted by molar-refractivity contribution is 5.57. The van der Waals surface area contributed by atoms with Gasteiger partial charge in [-0.05, 0) is 51.0 Å². The minimum Gasteiger partial charge on any atom is -0.369 e. The van der Waals surface area contributed by atoms with Gasteiger partial charge in [-0.15, -0.1) is 0 Å². The van der Waals surface area contributed by atoms with E-state index in [-0.39, 0.29) is 11.9 Å². The van der Waals surface area contributed by atoms with Crippen molar-refractivity contribution < 1.29 is 4.39 Å². The molecule has 112 valence electrons. The summed E-state index contributed by atoms with van der Waals surface area (Å²) in [6.45, 7) is 12.2. The van der Waals surface area contributed by atoms with Crippen LogP contribution in [-0.4, -0.2) is 37.1 Å². The summed E-state index contributed by atoms with van der Waals surface area (Å²) < 4.78 is 13.8. The molecule has 3 nitrogen and oxygen atoms in total. The number of hydrogen-bond acceptors (Lipinski definition) is 3. The van der Waals surface area contributed by atoms with Crippen molar-refractivity contribution in [2.75, 3.05) is 31.1 Å². The van der Waals surface area contributed by atoms with Gasteiger partial charge >= 0.3 is 0 Å². The van der Waals surface area contributed by atoms with E-state index in [1.54, 1.807) is 6.07 Å². The van der Waals surface area contributed by atoms with Crippen molar-refractivity contribution in [2.24, 2.45) is 5.73 Å². The monoisotopic (exact) mass is 279 g/mol. The highest BCUT2D eigenvalue weighted by Crippen LogP contribution is 2.29. The summed E-state index contributed by atoms with van der Waals surface area (Å²) in [5.41, 5.74) is 8.71. The molecule has 1 fully saturated rings. The number of anilines is 1. The van der Waals surface area contributed by atoms with E-state index in [9.17, 15) is 4.39 Å². The van der Waals surface area contributed by atoms with Gasteiger partial charge in [-0.1, -0.05) is 0 Å². The van der Waals surface area contributed by atoms with Crippen molar-refractivity contribution in [3.05, 3.63) is 29.1 Å². The molecule has 4 heteroatoms. The summed E-state index contributed by atoms with van der Waals surface area (Å²) in [7, 11) is 0. The van der Waals surface area contributed by atoms with Crippen molar-refractivity contribution in [1.29, 1.82) is 0 Å². The molecule has 1 heterocycles. The molecule has 0 aromatic heterocycles. The van der Waals surface area contributed by atoms with Crippen LogP contribution in [0.5, 0.6) is 0 Å². The topological polar surface area (TPSA) is 32.5 Å². The highest BCUT2D eigenvalue weighted by Gasteiger charge is 2.22. The molecule has 0 bridgehead atoms. The Hall–Kier alpha value is -1.13. The largest absolute Gasteiger partial charge is 0.369 e. The smallest absolute Gasteiger partial charge is 0.126 e. The van der Waals surface area contributed by atoms with Gasteiger partial charge in [0.2, 0.25) is 0 Å². The second kappa shape index (κ2) is 6.10. The third-order valence-corrected chi connectivity index (χ3v) is 4.18. The quantitative estimate of drug-likeness (QED) is 0.923. The van der Waals surface area contributed by atoms with E-state index >= 15 is 0 Å². The first-order chi connectivity index (χ1) is 9.40. The third-order valence-electron chi connectivity index (χ3n) is 4.18. The Balaban J connectivity index is 2.23. The van der Waals surface area contributed by atoms with Crippen LogP contribution >= 0.6 is 0 Å². The molecule has 0 amide bonds. The number of piperazine rings is 1. The Morgan fingerprint density at radius 2 is 1.70 bits per heavy atom. The molecule has 20 heavy (non-hydrogen) atoms. The maximum atomic E-state index is 13.8. The maximum Gasteiger partial charge on any atom is 0.126 e. The van der Waals surface area contributed by atoms with Crippen molar-refractivity contribution in [2.45, 2.75) is 39.8 Å². The van der Waals surface area contributed by atoms with Crippen LogP contribution in [0.1, 0.15) is 37.9 Å². The second-order valence-electron chi connectivity index (χ2n) is 6.07. The molecule has 0 spiro atoms. The SMILES string of the molecule is Cc1cc(N2CCN(C(C)C)CC2)c([C@@H](C)N)cc1F. The molecule has 0 saturated carbocycles. The van der Waals surface area contributed by atoms with Crippen LogP contribution in [0.3, 0.4) is 0 Å². The molecule has 2 rings (SSSR count). The van der Waals surface area contributed by atoms with Crippen LogP contribution in [0.4, 0.5) is 10.1 Å². The number of nitrogens with two attached hydrogens (primary N) is 1. The lowest BCUT2D eigenvalue weighted by atomic mass is 10.0. The summed E-state index contributed by atoms with van der Waals surface area (Å²) >= 11 is 0. The highest BCUT2D eigenvalue weighted by atomic mass is 19.1. The zero-order valence-electron chi connectivity index (χ0n) is 13.0. The number of hydrogen-bond donors (Lipinski definition) is 1. The van der Waals surface area contributed by atoms with Gasteiger partial charge < -0.3 is 10.6 Å². The lowest BCUT2D eigenvalue weighted by Crippen LogP contribution is -2.49. The van der Waals surface area contributed by atoms with E-state index in [4.69, 9.17) is 5.73 Å². The number of nitrogens with zero attached hydrogens (tertiary/aromatic N) is 2. The first-order valence-electron chi connectivity index (χ1n) is 7.44. The van der Waals surface area contributed by atoms with Crippen LogP contribution < -0.4 is 10.6 Å². The molecule has 1 aromatic rings. The zero-order chi connectivity index (χ0) is 14.9. The minimum absolute atomic E-state index is 0.150. The molecule has 2 N–H and O–H groups in total. The average molecular weight is 279 g/mol. The summed E-state index contributed by atoms with van der Waals surface area (Å²) in [5, 5.41) is 0. The van der Waals surface area contributed by atoms with Gasteiger partial charge in [0.05, 0.1) is 0 Å². The molecule has 1 aliphatic heterocycles. The minimum atomic E-state index is -0.165. The fourth-order valence-electron chi connectivity index (χ4n) is 2.80. The van der Waals surface area contributed by atoms with Gasteiger partial charge in [0.25, 0.3) is 0 Å². The van der Waals surface area contributed by atoms with Crippen LogP contribution in [0.2, 0.25) is 0 Å². The van der Waals surface area contributed by atoms with E-state index < -0.39 is 0 Å². The van der Waals surface area contributed by atoms with E-state index in [0.29, 0.717) is 11.6 Å². The van der Waals surface area contributed by atoms with Crippen LogP contribution in [-0.2, 0) is 0 Å². The van der Waals surface area contributed by atoms with Gasteiger partial charge in [0, 0.05) is 44.0 Å². The van der Waals surface area contributed by atoms with Gasteiger partial charge in [0.1, 0.15) is 5.82 Å². The summed E-state index contributed by atoms with van der Waals surface area (Å²) in [6, 6.07) is 3.98. The van der Waals surface area contributed by atoms with E-state index in [0.717, 1.165) is 37.4 Å². The van der Waals surface area contributed by atoms with Crippen LogP contribution in [0.25, 0.3) is 0 Å². The number of halogens is 1. The Morgan fingerprint density at radius 3 is 2.20 bits per heavy atom.